The number of nitrogens with zero attached hydrogens (tertiary/aromatic N) is 1. The predicted octanol–water partition coefficient (Wildman–Crippen LogP) is 6.73. The van der Waals surface area contributed by atoms with Gasteiger partial charge in [0, 0.05) is 13.1 Å². The molecule has 3 aromatic carbocycles. The Labute approximate surface area is 232 Å². The van der Waals surface area contributed by atoms with Crippen molar-refractivity contribution in [3.63, 3.8) is 0 Å². The number of carbonyl (C=O) groups excluding carboxylic acids is 1. The van der Waals surface area contributed by atoms with Gasteiger partial charge in [-0.15, -0.1) is 0 Å². The zero-order valence-corrected chi connectivity index (χ0v) is 23.4. The molecule has 1 amide bonds. The van der Waals surface area contributed by atoms with Crippen LogP contribution in [0.5, 0.6) is 17.2 Å². The number of ether oxygens (including phenoxy) is 3. The Balaban J connectivity index is 1.53. The summed E-state index contributed by atoms with van der Waals surface area (Å²) in [5.74, 6) is 2.24. The van der Waals surface area contributed by atoms with Gasteiger partial charge >= 0.3 is 6.09 Å². The van der Waals surface area contributed by atoms with E-state index >= 15 is 0 Å². The van der Waals surface area contributed by atoms with Crippen molar-refractivity contribution >= 4 is 11.7 Å². The molecule has 0 saturated carbocycles. The highest BCUT2D eigenvalue weighted by Crippen LogP contribution is 2.31. The molecular formula is C33H40N2O4. The molecule has 4 rings (SSSR count). The lowest BCUT2D eigenvalue weighted by molar-refractivity contribution is 0.183. The van der Waals surface area contributed by atoms with Crippen LogP contribution in [0.3, 0.4) is 0 Å². The van der Waals surface area contributed by atoms with Gasteiger partial charge in [0.25, 0.3) is 0 Å². The number of rotatable bonds is 11. The average Bonchev–Trinajstić information content (AvgIpc) is 2.96. The summed E-state index contributed by atoms with van der Waals surface area (Å²) in [6.45, 7) is 8.57. The molecule has 0 spiro atoms. The summed E-state index contributed by atoms with van der Waals surface area (Å²) in [7, 11) is 1.68. The van der Waals surface area contributed by atoms with E-state index in [0.717, 1.165) is 41.2 Å². The first-order valence-electron chi connectivity index (χ1n) is 13.9. The second kappa shape index (κ2) is 14.4. The second-order valence-corrected chi connectivity index (χ2v) is 9.90. The predicted molar refractivity (Wildman–Crippen MR) is 157 cm³/mol. The van der Waals surface area contributed by atoms with Crippen LogP contribution >= 0.6 is 0 Å². The maximum atomic E-state index is 11.8. The van der Waals surface area contributed by atoms with Crippen LogP contribution in [-0.2, 0) is 6.42 Å². The molecule has 39 heavy (non-hydrogen) atoms. The van der Waals surface area contributed by atoms with Gasteiger partial charge in [0.2, 0.25) is 0 Å². The molecule has 1 aliphatic rings. The lowest BCUT2D eigenvalue weighted by atomic mass is 9.90. The summed E-state index contributed by atoms with van der Waals surface area (Å²) in [6.07, 6.45) is 4.27. The molecular weight excluding hydrogens is 488 g/mol. The molecule has 0 aliphatic carbocycles. The number of nitrogens with one attached hydrogen (secondary N) is 1. The van der Waals surface area contributed by atoms with Gasteiger partial charge in [-0.1, -0.05) is 48.4 Å². The number of piperidine rings is 1. The van der Waals surface area contributed by atoms with Crippen LogP contribution in [0.4, 0.5) is 4.79 Å². The number of amides is 1. The SMILES string of the molecule is CCNC(=O)Oc1ccc(/C(=C(/C)Cc2ccc(OC)cc2)c2ccc(OCCN3CCCCC3)cc2)cc1. The third-order valence-electron chi connectivity index (χ3n) is 7.00. The van der Waals surface area contributed by atoms with Crippen LogP contribution in [0.25, 0.3) is 5.57 Å². The number of benzene rings is 3. The van der Waals surface area contributed by atoms with E-state index in [4.69, 9.17) is 14.2 Å². The molecule has 1 aliphatic heterocycles. The van der Waals surface area contributed by atoms with Crippen molar-refractivity contribution in [1.82, 2.24) is 10.2 Å². The number of carbonyl (C=O) groups is 1. The Morgan fingerprint density at radius 1 is 0.821 bits per heavy atom. The van der Waals surface area contributed by atoms with Crippen LogP contribution in [0.15, 0.2) is 78.4 Å². The fourth-order valence-electron chi connectivity index (χ4n) is 4.97. The van der Waals surface area contributed by atoms with E-state index in [9.17, 15) is 4.79 Å². The van der Waals surface area contributed by atoms with Gasteiger partial charge in [0.05, 0.1) is 7.11 Å². The molecule has 0 bridgehead atoms. The average molecular weight is 529 g/mol. The fraction of sp³-hybridized carbons (Fsp3) is 0.364. The minimum Gasteiger partial charge on any atom is -0.497 e. The van der Waals surface area contributed by atoms with Crippen molar-refractivity contribution < 1.29 is 19.0 Å². The smallest absolute Gasteiger partial charge is 0.412 e. The van der Waals surface area contributed by atoms with E-state index in [-0.39, 0.29) is 0 Å². The van der Waals surface area contributed by atoms with Gasteiger partial charge in [-0.05, 0) is 105 Å². The van der Waals surface area contributed by atoms with Crippen molar-refractivity contribution in [1.29, 1.82) is 0 Å². The Bertz CT molecular complexity index is 1210. The largest absolute Gasteiger partial charge is 0.497 e. The van der Waals surface area contributed by atoms with Gasteiger partial charge in [0.15, 0.2) is 0 Å². The molecule has 3 aromatic rings. The molecule has 0 aromatic heterocycles. The van der Waals surface area contributed by atoms with Crippen molar-refractivity contribution in [3.8, 4) is 17.2 Å². The topological polar surface area (TPSA) is 60.0 Å². The molecule has 1 N–H and O–H groups in total. The number of methoxy groups -OCH3 is 1. The zero-order chi connectivity index (χ0) is 27.5. The van der Waals surface area contributed by atoms with Gasteiger partial charge in [-0.25, -0.2) is 4.79 Å². The van der Waals surface area contributed by atoms with Crippen molar-refractivity contribution in [3.05, 3.63) is 95.1 Å². The first-order chi connectivity index (χ1) is 19.1. The Kier molecular flexibility index (Phi) is 10.4. The molecule has 1 saturated heterocycles. The zero-order valence-electron chi connectivity index (χ0n) is 23.4. The summed E-state index contributed by atoms with van der Waals surface area (Å²) in [4.78, 5) is 14.3. The minimum atomic E-state index is -0.451. The Hall–Kier alpha value is -3.77. The molecule has 0 unspecified atom stereocenters. The fourth-order valence-corrected chi connectivity index (χ4v) is 4.97. The lowest BCUT2D eigenvalue weighted by Crippen LogP contribution is -2.33. The second-order valence-electron chi connectivity index (χ2n) is 9.90. The summed E-state index contributed by atoms with van der Waals surface area (Å²) in [5, 5.41) is 2.66. The molecule has 206 valence electrons. The molecule has 1 heterocycles. The maximum Gasteiger partial charge on any atom is 0.412 e. The normalized spacial score (nSPS) is 14.3. The Morgan fingerprint density at radius 3 is 2.00 bits per heavy atom. The summed E-state index contributed by atoms with van der Waals surface area (Å²) >= 11 is 0. The van der Waals surface area contributed by atoms with Gasteiger partial charge < -0.3 is 19.5 Å². The van der Waals surface area contributed by atoms with E-state index in [2.05, 4.69) is 53.5 Å². The monoisotopic (exact) mass is 528 g/mol. The molecule has 6 heteroatoms. The third kappa shape index (κ3) is 8.36. The van der Waals surface area contributed by atoms with Crippen LogP contribution in [0, 0.1) is 0 Å². The standard InChI is InChI=1S/C33H40N2O4/c1-4-34-33(36)39-31-18-12-28(13-19-31)32(25(2)24-26-8-14-29(37-3)15-9-26)27-10-16-30(17-11-27)38-23-22-35-20-6-5-7-21-35/h8-19H,4-7,20-24H2,1-3H3,(H,34,36)/b32-25-. The highest BCUT2D eigenvalue weighted by molar-refractivity contribution is 5.82. The number of hydrogen-bond acceptors (Lipinski definition) is 5. The quantitative estimate of drug-likeness (QED) is 0.299. The molecule has 0 radical (unpaired) electrons. The van der Waals surface area contributed by atoms with E-state index in [1.807, 2.05) is 43.3 Å². The maximum absolute atomic E-state index is 11.8. The van der Waals surface area contributed by atoms with Crippen molar-refractivity contribution in [2.24, 2.45) is 0 Å². The molecule has 0 atom stereocenters. The number of hydrogen-bond donors (Lipinski definition) is 1. The highest BCUT2D eigenvalue weighted by atomic mass is 16.6. The van der Waals surface area contributed by atoms with Crippen molar-refractivity contribution in [2.75, 3.05) is 39.9 Å². The third-order valence-corrected chi connectivity index (χ3v) is 7.00. The van der Waals surface area contributed by atoms with E-state index in [1.54, 1.807) is 7.11 Å². The first kappa shape index (κ1) is 28.2. The lowest BCUT2D eigenvalue weighted by Gasteiger charge is -2.26. The number of allylic oxidation sites excluding steroid dienone is 1. The Morgan fingerprint density at radius 2 is 1.41 bits per heavy atom. The molecule has 1 fully saturated rings. The van der Waals surface area contributed by atoms with Gasteiger partial charge in [-0.2, -0.15) is 0 Å². The number of likely N-dealkylation sites (tertiary alicyclic amines) is 1. The summed E-state index contributed by atoms with van der Waals surface area (Å²) < 4.78 is 16.8. The van der Waals surface area contributed by atoms with E-state index < -0.39 is 6.09 Å². The van der Waals surface area contributed by atoms with E-state index in [1.165, 1.54) is 43.5 Å². The van der Waals surface area contributed by atoms with Gasteiger partial charge in [0.1, 0.15) is 23.9 Å². The highest BCUT2D eigenvalue weighted by Gasteiger charge is 2.13. The van der Waals surface area contributed by atoms with Gasteiger partial charge in [-0.3, -0.25) is 4.90 Å². The van der Waals surface area contributed by atoms with Crippen LogP contribution in [0.1, 0.15) is 49.8 Å². The van der Waals surface area contributed by atoms with Crippen molar-refractivity contribution in [2.45, 2.75) is 39.5 Å². The van der Waals surface area contributed by atoms with Crippen LogP contribution in [0.2, 0.25) is 0 Å². The first-order valence-corrected chi connectivity index (χ1v) is 13.9. The summed E-state index contributed by atoms with van der Waals surface area (Å²) in [5.41, 5.74) is 5.76. The molecule has 6 nitrogen and oxygen atoms in total. The van der Waals surface area contributed by atoms with E-state index in [0.29, 0.717) is 18.9 Å². The van der Waals surface area contributed by atoms with Crippen LogP contribution < -0.4 is 19.5 Å². The van der Waals surface area contributed by atoms with Crippen LogP contribution in [-0.4, -0.2) is 50.9 Å². The summed E-state index contributed by atoms with van der Waals surface area (Å²) in [6, 6.07) is 24.2. The minimum absolute atomic E-state index is 0.451.